The van der Waals surface area contributed by atoms with Crippen LogP contribution in [0.25, 0.3) is 120 Å². The molecule has 78 heavy (non-hydrogen) atoms. The van der Waals surface area contributed by atoms with Crippen molar-refractivity contribution in [2.75, 3.05) is 0 Å². The Morgan fingerprint density at radius 2 is 1.04 bits per heavy atom. The zero-order valence-corrected chi connectivity index (χ0v) is 42.9. The molecular formula is C73H50N4O. The molecule has 1 aliphatic heterocycles. The molecule has 2 atom stereocenters. The van der Waals surface area contributed by atoms with Gasteiger partial charge in [0.25, 0.3) is 0 Å². The molecule has 3 aromatic heterocycles. The van der Waals surface area contributed by atoms with E-state index in [2.05, 4.69) is 265 Å². The number of nitrogens with zero attached hydrogens (tertiary/aromatic N) is 4. The molecular weight excluding hydrogens is 949 g/mol. The summed E-state index contributed by atoms with van der Waals surface area (Å²) in [6.07, 6.45) is 1.57. The lowest BCUT2D eigenvalue weighted by molar-refractivity contribution is 0.486. The van der Waals surface area contributed by atoms with E-state index in [1.165, 1.54) is 59.7 Å². The van der Waals surface area contributed by atoms with Crippen molar-refractivity contribution < 1.29 is 4.42 Å². The first-order chi connectivity index (χ1) is 38.6. The van der Waals surface area contributed by atoms with E-state index in [1.807, 2.05) is 0 Å². The van der Waals surface area contributed by atoms with Crippen LogP contribution in [-0.2, 0) is 0 Å². The minimum absolute atomic E-state index is 0.237. The largest absolute Gasteiger partial charge is 0.455 e. The van der Waals surface area contributed by atoms with Crippen molar-refractivity contribution in [1.29, 1.82) is 0 Å². The van der Waals surface area contributed by atoms with Gasteiger partial charge in [0.05, 0.1) is 45.1 Å². The van der Waals surface area contributed by atoms with E-state index in [9.17, 15) is 0 Å². The Hall–Kier alpha value is -9.84. The average molecular weight is 999 g/mol. The fourth-order valence-electron chi connectivity index (χ4n) is 13.0. The van der Waals surface area contributed by atoms with Gasteiger partial charge < -0.3 is 13.6 Å². The molecule has 5 heteroatoms. The van der Waals surface area contributed by atoms with Gasteiger partial charge in [-0.1, -0.05) is 183 Å². The Balaban J connectivity index is 1.02. The smallest absolute Gasteiger partial charge is 0.161 e. The Kier molecular flexibility index (Phi) is 10.0. The molecule has 0 spiro atoms. The molecule has 0 saturated carbocycles. The van der Waals surface area contributed by atoms with E-state index < -0.39 is 0 Å². The average Bonchev–Trinajstić information content (AvgIpc) is 4.25. The maximum Gasteiger partial charge on any atom is 0.161 e. The molecule has 0 aliphatic carbocycles. The number of aliphatic imine (C=N–C) groups is 2. The van der Waals surface area contributed by atoms with Crippen molar-refractivity contribution in [3.63, 3.8) is 0 Å². The number of hydrogen-bond donors (Lipinski definition) is 0. The van der Waals surface area contributed by atoms with Crippen LogP contribution in [-0.4, -0.2) is 20.7 Å². The Morgan fingerprint density at radius 3 is 1.87 bits per heavy atom. The normalized spacial score (nSPS) is 16.6. The number of hydrogen-bond acceptors (Lipinski definition) is 3. The van der Waals surface area contributed by atoms with Gasteiger partial charge in [-0.15, -0.1) is 0 Å². The number of furan rings is 1. The number of benzene rings is 12. The van der Waals surface area contributed by atoms with Crippen LogP contribution in [0.3, 0.4) is 0 Å². The van der Waals surface area contributed by atoms with Crippen molar-refractivity contribution in [2.45, 2.75) is 25.8 Å². The van der Waals surface area contributed by atoms with E-state index >= 15 is 0 Å². The van der Waals surface area contributed by atoms with Crippen LogP contribution in [0.15, 0.2) is 263 Å². The molecule has 4 heterocycles. The molecule has 368 valence electrons. The van der Waals surface area contributed by atoms with Gasteiger partial charge in [0, 0.05) is 43.4 Å². The second-order valence-electron chi connectivity index (χ2n) is 21.3. The highest BCUT2D eigenvalue weighted by atomic mass is 16.3. The first-order valence-corrected chi connectivity index (χ1v) is 27.2. The predicted octanol–water partition coefficient (Wildman–Crippen LogP) is 19.3. The standard InChI is InChI=1S/C73H50N4O/c1-45-39-62(52-24-16-23-49(41-52)46-17-4-2-5-18-46)74-73(75-63(40-45)53-33-36-65-60(43-53)57-29-14-15-30-64(57)76(65)54-25-6-3-7-26-54)70-67(38-35-59-58-34-31-48-20-11-13-28-56(48)71(58)78-72(59)70)77-66-37-32-47-19-10-12-27-55(47)69(66)61-42-50-21-8-9-22-51(50)44-68(61)77/h2-38,41-45,63H,39-40H2,1H3/b74-62+,75-73-. The van der Waals surface area contributed by atoms with Crippen LogP contribution in [0.1, 0.15) is 42.5 Å². The first-order valence-electron chi connectivity index (χ1n) is 27.2. The zero-order valence-electron chi connectivity index (χ0n) is 42.9. The SMILES string of the molecule is CC1C/C(c2cccc(-c3ccccc3)c2)=N\C(c2c(-n3c4cc5ccccc5cc4c4c5ccccc5ccc43)ccc3c2oc2c4ccccc4ccc32)=N/C(c2ccc3c(c2)c2ccccc2n3-c2ccccc2)C1. The lowest BCUT2D eigenvalue weighted by Gasteiger charge is -2.24. The van der Waals surface area contributed by atoms with Gasteiger partial charge in [-0.2, -0.15) is 0 Å². The van der Waals surface area contributed by atoms with Crippen LogP contribution >= 0.6 is 0 Å². The summed E-state index contributed by atoms with van der Waals surface area (Å²) in [6, 6.07) is 90.2. The minimum Gasteiger partial charge on any atom is -0.455 e. The Labute approximate surface area is 450 Å². The van der Waals surface area contributed by atoms with Crippen molar-refractivity contribution in [3.8, 4) is 22.5 Å². The molecule has 0 radical (unpaired) electrons. The van der Waals surface area contributed by atoms with Crippen molar-refractivity contribution in [1.82, 2.24) is 9.13 Å². The zero-order chi connectivity index (χ0) is 51.4. The van der Waals surface area contributed by atoms with E-state index in [0.717, 1.165) is 95.9 Å². The predicted molar refractivity (Wildman–Crippen MR) is 327 cm³/mol. The summed E-state index contributed by atoms with van der Waals surface area (Å²) in [6.45, 7) is 2.37. The van der Waals surface area contributed by atoms with Gasteiger partial charge in [-0.25, -0.2) is 4.99 Å². The minimum atomic E-state index is -0.237. The van der Waals surface area contributed by atoms with Crippen LogP contribution < -0.4 is 0 Å². The summed E-state index contributed by atoms with van der Waals surface area (Å²) in [7, 11) is 0. The Bertz CT molecular complexity index is 5000. The third kappa shape index (κ3) is 7.01. The highest BCUT2D eigenvalue weighted by molar-refractivity contribution is 6.26. The maximum atomic E-state index is 7.49. The summed E-state index contributed by atoms with van der Waals surface area (Å²) in [5, 5.41) is 13.9. The van der Waals surface area contributed by atoms with Gasteiger partial charge in [-0.3, -0.25) is 4.99 Å². The van der Waals surface area contributed by atoms with E-state index in [-0.39, 0.29) is 12.0 Å². The summed E-state index contributed by atoms with van der Waals surface area (Å²) < 4.78 is 12.3. The van der Waals surface area contributed by atoms with E-state index in [0.29, 0.717) is 5.84 Å². The molecule has 15 aromatic rings. The number of amidine groups is 1. The summed E-state index contributed by atoms with van der Waals surface area (Å²) in [5.41, 5.74) is 14.7. The van der Waals surface area contributed by atoms with E-state index in [1.54, 1.807) is 0 Å². The first kappa shape index (κ1) is 44.5. The fraction of sp³-hybridized carbons (Fsp3) is 0.0685. The Morgan fingerprint density at radius 1 is 0.410 bits per heavy atom. The maximum absolute atomic E-state index is 7.49. The topological polar surface area (TPSA) is 47.7 Å². The van der Waals surface area contributed by atoms with Gasteiger partial charge >= 0.3 is 0 Å². The highest BCUT2D eigenvalue weighted by Gasteiger charge is 2.29. The summed E-state index contributed by atoms with van der Waals surface area (Å²) in [5.74, 6) is 0.895. The molecule has 1 aliphatic rings. The molecule has 16 rings (SSSR count). The van der Waals surface area contributed by atoms with Gasteiger partial charge in [0.15, 0.2) is 5.84 Å². The second kappa shape index (κ2) is 17.6. The van der Waals surface area contributed by atoms with Crippen molar-refractivity contribution in [3.05, 3.63) is 265 Å². The van der Waals surface area contributed by atoms with Gasteiger partial charge in [0.2, 0.25) is 0 Å². The molecule has 0 bridgehead atoms. The monoisotopic (exact) mass is 998 g/mol. The van der Waals surface area contributed by atoms with Crippen LogP contribution in [0, 0.1) is 5.92 Å². The number of aromatic nitrogens is 2. The third-order valence-electron chi connectivity index (χ3n) is 16.6. The number of rotatable bonds is 6. The molecule has 5 nitrogen and oxygen atoms in total. The molecule has 2 unspecified atom stereocenters. The summed E-state index contributed by atoms with van der Waals surface area (Å²) >= 11 is 0. The molecule has 0 amide bonds. The van der Waals surface area contributed by atoms with Crippen molar-refractivity contribution >= 4 is 109 Å². The number of para-hydroxylation sites is 2. The number of fused-ring (bicyclic) bond motifs is 14. The second-order valence-corrected chi connectivity index (χ2v) is 21.3. The van der Waals surface area contributed by atoms with Crippen LogP contribution in [0.5, 0.6) is 0 Å². The molecule has 0 fully saturated rings. The molecule has 0 saturated heterocycles. The quantitative estimate of drug-likeness (QED) is 0.164. The molecule has 0 N–H and O–H groups in total. The van der Waals surface area contributed by atoms with Gasteiger partial charge in [0.1, 0.15) is 11.2 Å². The van der Waals surface area contributed by atoms with Crippen LogP contribution in [0.4, 0.5) is 0 Å². The highest BCUT2D eigenvalue weighted by Crippen LogP contribution is 2.45. The molecule has 12 aromatic carbocycles. The van der Waals surface area contributed by atoms with Crippen molar-refractivity contribution in [2.24, 2.45) is 15.9 Å². The van der Waals surface area contributed by atoms with Crippen LogP contribution in [0.2, 0.25) is 0 Å². The van der Waals surface area contributed by atoms with E-state index in [4.69, 9.17) is 14.4 Å². The third-order valence-corrected chi connectivity index (χ3v) is 16.6. The lowest BCUT2D eigenvalue weighted by atomic mass is 9.88. The van der Waals surface area contributed by atoms with Gasteiger partial charge in [-0.05, 0) is 141 Å². The fourth-order valence-corrected chi connectivity index (χ4v) is 13.0. The summed E-state index contributed by atoms with van der Waals surface area (Å²) in [4.78, 5) is 12.1. The lowest BCUT2D eigenvalue weighted by Crippen LogP contribution is -2.18.